The molecule has 7 nitrogen and oxygen atoms in total. The molecular weight excluding hydrogens is 574 g/mol. The van der Waals surface area contributed by atoms with Crippen molar-refractivity contribution < 1.29 is 28.0 Å². The predicted molar refractivity (Wildman–Crippen MR) is 185 cm³/mol. The average Bonchev–Trinajstić information content (AvgIpc) is 2.98. The second kappa shape index (κ2) is 30.4. The van der Waals surface area contributed by atoms with Gasteiger partial charge in [-0.25, -0.2) is 0 Å². The van der Waals surface area contributed by atoms with Gasteiger partial charge in [0.1, 0.15) is 6.10 Å². The van der Waals surface area contributed by atoms with Crippen LogP contribution in [0.2, 0.25) is 0 Å². The Hall–Kier alpha value is -1.22. The Bertz CT molecular complexity index is 813. The van der Waals surface area contributed by atoms with Gasteiger partial charge in [-0.05, 0) is 44.9 Å². The van der Waals surface area contributed by atoms with Crippen molar-refractivity contribution in [3.63, 3.8) is 0 Å². The van der Waals surface area contributed by atoms with E-state index in [1.54, 1.807) is 6.08 Å². The summed E-state index contributed by atoms with van der Waals surface area (Å²) in [5.74, 6) is -1.54. The van der Waals surface area contributed by atoms with Gasteiger partial charge in [0.25, 0.3) is 10.1 Å². The van der Waals surface area contributed by atoms with Gasteiger partial charge in [-0.1, -0.05) is 154 Å². The molecule has 3 atom stereocenters. The van der Waals surface area contributed by atoms with E-state index in [9.17, 15) is 28.0 Å². The number of allylic oxidation sites excluding steroid dienone is 3. The number of aliphatic hydroxyl groups is 2. The van der Waals surface area contributed by atoms with Gasteiger partial charge < -0.3 is 15.5 Å². The van der Waals surface area contributed by atoms with Gasteiger partial charge in [0.2, 0.25) is 5.91 Å². The summed E-state index contributed by atoms with van der Waals surface area (Å²) in [5, 5.41) is 23.1. The molecule has 0 aliphatic heterocycles. The van der Waals surface area contributed by atoms with Crippen molar-refractivity contribution in [1.82, 2.24) is 5.32 Å². The fourth-order valence-corrected chi connectivity index (χ4v) is 6.12. The maximum absolute atomic E-state index is 12.5. The van der Waals surface area contributed by atoms with E-state index in [1.807, 2.05) is 0 Å². The lowest BCUT2D eigenvalue weighted by molar-refractivity contribution is -0.130. The molecule has 0 aliphatic carbocycles. The molecule has 0 aliphatic rings. The number of hydrogen-bond acceptors (Lipinski definition) is 5. The van der Waals surface area contributed by atoms with Crippen molar-refractivity contribution in [2.45, 2.75) is 193 Å². The van der Waals surface area contributed by atoms with E-state index in [2.05, 4.69) is 31.3 Å². The Balaban J connectivity index is 3.95. The topological polar surface area (TPSA) is 124 Å². The van der Waals surface area contributed by atoms with Crippen molar-refractivity contribution in [2.75, 3.05) is 5.75 Å². The van der Waals surface area contributed by atoms with Gasteiger partial charge in [-0.2, -0.15) is 8.42 Å². The second-order valence-corrected chi connectivity index (χ2v) is 14.1. The molecule has 0 heterocycles. The molecule has 3 unspecified atom stereocenters. The van der Waals surface area contributed by atoms with E-state index >= 15 is 0 Å². The highest BCUT2D eigenvalue weighted by Gasteiger charge is 2.27. The fourth-order valence-electron chi connectivity index (χ4n) is 5.39. The molecule has 0 saturated heterocycles. The van der Waals surface area contributed by atoms with Crippen LogP contribution in [0.3, 0.4) is 0 Å². The molecule has 260 valence electrons. The van der Waals surface area contributed by atoms with E-state index in [0.717, 1.165) is 57.8 Å². The van der Waals surface area contributed by atoms with E-state index in [1.165, 1.54) is 96.0 Å². The zero-order valence-corrected chi connectivity index (χ0v) is 29.2. The summed E-state index contributed by atoms with van der Waals surface area (Å²) in [4.78, 5) is 12.5. The first-order valence-electron chi connectivity index (χ1n) is 18.1. The summed E-state index contributed by atoms with van der Waals surface area (Å²) in [5.41, 5.74) is 0. The largest absolute Gasteiger partial charge is 0.387 e. The molecule has 0 aromatic carbocycles. The minimum Gasteiger partial charge on any atom is -0.387 e. The Kier molecular flexibility index (Phi) is 29.6. The summed E-state index contributed by atoms with van der Waals surface area (Å²) in [7, 11) is -4.43. The van der Waals surface area contributed by atoms with E-state index in [0.29, 0.717) is 6.42 Å². The highest BCUT2D eigenvalue weighted by molar-refractivity contribution is 7.85. The summed E-state index contributed by atoms with van der Waals surface area (Å²) in [6, 6.07) is -1.23. The van der Waals surface area contributed by atoms with Crippen molar-refractivity contribution in [1.29, 1.82) is 0 Å². The number of rotatable bonds is 32. The molecule has 1 amide bonds. The van der Waals surface area contributed by atoms with Crippen LogP contribution in [0.4, 0.5) is 0 Å². The van der Waals surface area contributed by atoms with Gasteiger partial charge in [-0.15, -0.1) is 0 Å². The number of unbranched alkanes of at least 4 members (excludes halogenated alkanes) is 21. The summed E-state index contributed by atoms with van der Waals surface area (Å²) in [6.07, 6.45) is 34.1. The zero-order valence-electron chi connectivity index (χ0n) is 28.4. The normalized spacial score (nSPS) is 14.4. The average molecular weight is 644 g/mol. The summed E-state index contributed by atoms with van der Waals surface area (Å²) in [6.45, 7) is 4.42. The smallest absolute Gasteiger partial charge is 0.267 e. The highest BCUT2D eigenvalue weighted by Crippen LogP contribution is 2.13. The van der Waals surface area contributed by atoms with Crippen LogP contribution in [0.25, 0.3) is 0 Å². The van der Waals surface area contributed by atoms with Crippen molar-refractivity contribution in [3.8, 4) is 0 Å². The minimum atomic E-state index is -4.43. The van der Waals surface area contributed by atoms with Crippen molar-refractivity contribution in [2.24, 2.45) is 0 Å². The molecule has 0 rings (SSSR count). The van der Waals surface area contributed by atoms with Gasteiger partial charge in [0.15, 0.2) is 0 Å². The molecule has 4 N–H and O–H groups in total. The minimum absolute atomic E-state index is 0.274. The number of carbonyl (C=O) groups excluding carboxylic acids is 1. The predicted octanol–water partition coefficient (Wildman–Crippen LogP) is 8.99. The molecular formula is C36H69NO6S. The zero-order chi connectivity index (χ0) is 32.7. The first-order valence-corrected chi connectivity index (χ1v) is 19.8. The second-order valence-electron chi connectivity index (χ2n) is 12.6. The molecule has 44 heavy (non-hydrogen) atoms. The third-order valence-electron chi connectivity index (χ3n) is 8.23. The number of amides is 1. The molecule has 0 aromatic rings. The van der Waals surface area contributed by atoms with Gasteiger partial charge in [-0.3, -0.25) is 9.35 Å². The van der Waals surface area contributed by atoms with Crippen LogP contribution in [0.15, 0.2) is 24.3 Å². The van der Waals surface area contributed by atoms with Crippen LogP contribution in [-0.2, 0) is 14.9 Å². The monoisotopic (exact) mass is 643 g/mol. The quantitative estimate of drug-likeness (QED) is 0.0329. The van der Waals surface area contributed by atoms with Crippen LogP contribution in [0, 0.1) is 0 Å². The first-order chi connectivity index (χ1) is 21.2. The lowest BCUT2D eigenvalue weighted by Crippen LogP contribution is -2.50. The standard InChI is InChI=1S/C36H69NO6S/c1-3-5-7-9-11-12-13-14-15-16-17-18-19-20-21-22-23-25-27-29-31-35(39)36(40)37-33(32-44(41,42)43)34(38)30-28-26-24-10-8-6-4-2/h18-19,28,30,33-35,38-39H,3-17,20-27,29,31-32H2,1-2H3,(H,37,40)(H,41,42,43)/b19-18-,30-28+. The summed E-state index contributed by atoms with van der Waals surface area (Å²) >= 11 is 0. The molecule has 0 fully saturated rings. The van der Waals surface area contributed by atoms with Crippen LogP contribution in [-0.4, -0.2) is 53.1 Å². The van der Waals surface area contributed by atoms with E-state index in [-0.39, 0.29) is 6.42 Å². The maximum Gasteiger partial charge on any atom is 0.267 e. The lowest BCUT2D eigenvalue weighted by Gasteiger charge is -2.22. The lowest BCUT2D eigenvalue weighted by atomic mass is 10.0. The molecule has 0 aromatic heterocycles. The molecule has 0 bridgehead atoms. The fraction of sp³-hybridized carbons (Fsp3) is 0.861. The first kappa shape index (κ1) is 42.8. The van der Waals surface area contributed by atoms with Crippen molar-refractivity contribution in [3.05, 3.63) is 24.3 Å². The van der Waals surface area contributed by atoms with Crippen LogP contribution < -0.4 is 5.32 Å². The number of hydrogen-bond donors (Lipinski definition) is 4. The number of carbonyl (C=O) groups is 1. The molecule has 0 spiro atoms. The Morgan fingerprint density at radius 2 is 1.00 bits per heavy atom. The van der Waals surface area contributed by atoms with Gasteiger partial charge in [0.05, 0.1) is 17.9 Å². The Morgan fingerprint density at radius 1 is 0.614 bits per heavy atom. The molecule has 8 heteroatoms. The van der Waals surface area contributed by atoms with Gasteiger partial charge in [0, 0.05) is 0 Å². The Labute approximate surface area is 271 Å². The third-order valence-corrected chi connectivity index (χ3v) is 9.01. The van der Waals surface area contributed by atoms with Gasteiger partial charge >= 0.3 is 0 Å². The molecule has 0 radical (unpaired) electrons. The number of aliphatic hydroxyl groups excluding tert-OH is 2. The van der Waals surface area contributed by atoms with Crippen LogP contribution in [0.5, 0.6) is 0 Å². The van der Waals surface area contributed by atoms with E-state index < -0.39 is 40.0 Å². The Morgan fingerprint density at radius 3 is 1.43 bits per heavy atom. The molecule has 0 saturated carbocycles. The highest BCUT2D eigenvalue weighted by atomic mass is 32.2. The van der Waals surface area contributed by atoms with E-state index in [4.69, 9.17) is 0 Å². The van der Waals surface area contributed by atoms with Crippen LogP contribution in [0.1, 0.15) is 174 Å². The maximum atomic E-state index is 12.5. The SMILES string of the molecule is CCCCCCC/C=C/C(O)C(CS(=O)(=O)O)NC(=O)C(O)CCCCCCCC/C=C\CCCCCCCCCCCC. The summed E-state index contributed by atoms with van der Waals surface area (Å²) < 4.78 is 32.2. The number of nitrogens with one attached hydrogen (secondary N) is 1. The van der Waals surface area contributed by atoms with Crippen LogP contribution >= 0.6 is 0 Å². The van der Waals surface area contributed by atoms with Crippen molar-refractivity contribution >= 4 is 16.0 Å². The third kappa shape index (κ3) is 29.5.